The summed E-state index contributed by atoms with van der Waals surface area (Å²) in [4.78, 5) is 12.4. The van der Waals surface area contributed by atoms with Crippen LogP contribution in [0.1, 0.15) is 55.5 Å². The summed E-state index contributed by atoms with van der Waals surface area (Å²) in [5.74, 6) is 0.0257. The fraction of sp³-hybridized carbons (Fsp3) is 0.588. The van der Waals surface area contributed by atoms with E-state index in [9.17, 15) is 13.2 Å². The zero-order valence-electron chi connectivity index (χ0n) is 14.1. The number of rotatable bonds is 5. The molecule has 0 bridgehead atoms. The summed E-state index contributed by atoms with van der Waals surface area (Å²) in [5, 5.41) is 2.96. The van der Waals surface area contributed by atoms with Crippen molar-refractivity contribution in [1.82, 2.24) is 5.32 Å². The molecule has 1 aliphatic rings. The number of sulfonamides is 1. The van der Waals surface area contributed by atoms with Gasteiger partial charge >= 0.3 is 0 Å². The minimum Gasteiger partial charge on any atom is -0.350 e. The van der Waals surface area contributed by atoms with Gasteiger partial charge in [0.25, 0.3) is 5.91 Å². The van der Waals surface area contributed by atoms with Gasteiger partial charge in [-0.1, -0.05) is 19.4 Å². The number of nitrogens with zero attached hydrogens (tertiary/aromatic N) is 1. The molecule has 0 spiro atoms. The van der Waals surface area contributed by atoms with Crippen LogP contribution >= 0.6 is 0 Å². The molecular formula is C17H26N2O3S. The van der Waals surface area contributed by atoms with Gasteiger partial charge in [-0.25, -0.2) is 8.42 Å². The lowest BCUT2D eigenvalue weighted by molar-refractivity contribution is 0.0938. The van der Waals surface area contributed by atoms with Crippen LogP contribution < -0.4 is 9.62 Å². The molecule has 1 aliphatic heterocycles. The van der Waals surface area contributed by atoms with Crippen LogP contribution in [0.3, 0.4) is 0 Å². The lowest BCUT2D eigenvalue weighted by atomic mass is 10.1. The molecular weight excluding hydrogens is 312 g/mol. The van der Waals surface area contributed by atoms with E-state index in [0.29, 0.717) is 24.2 Å². The molecule has 0 saturated carbocycles. The predicted octanol–water partition coefficient (Wildman–Crippen LogP) is 2.84. The fourth-order valence-corrected chi connectivity index (χ4v) is 4.58. The number of hydrogen-bond donors (Lipinski definition) is 1. The Morgan fingerprint density at radius 3 is 2.74 bits per heavy atom. The van der Waals surface area contributed by atoms with Crippen molar-refractivity contribution in [1.29, 1.82) is 0 Å². The number of benzene rings is 1. The first-order valence-corrected chi connectivity index (χ1v) is 9.88. The third-order valence-electron chi connectivity index (χ3n) is 4.19. The Bertz CT molecular complexity index is 670. The summed E-state index contributed by atoms with van der Waals surface area (Å²) in [6.45, 7) is 6.42. The van der Waals surface area contributed by atoms with Crippen LogP contribution in [-0.2, 0) is 10.0 Å². The van der Waals surface area contributed by atoms with E-state index in [4.69, 9.17) is 0 Å². The number of anilines is 1. The highest BCUT2D eigenvalue weighted by molar-refractivity contribution is 7.92. The van der Waals surface area contributed by atoms with E-state index in [2.05, 4.69) is 12.2 Å². The summed E-state index contributed by atoms with van der Waals surface area (Å²) < 4.78 is 26.1. The van der Waals surface area contributed by atoms with Gasteiger partial charge in [0.15, 0.2) is 0 Å². The Morgan fingerprint density at radius 2 is 2.09 bits per heavy atom. The number of nitrogens with one attached hydrogen (secondary N) is 1. The Balaban J connectivity index is 2.27. The molecule has 1 heterocycles. The molecule has 1 amide bonds. The Hall–Kier alpha value is -1.56. The maximum absolute atomic E-state index is 12.4. The highest BCUT2D eigenvalue weighted by atomic mass is 32.2. The van der Waals surface area contributed by atoms with Gasteiger partial charge in [0.2, 0.25) is 10.0 Å². The van der Waals surface area contributed by atoms with Crippen molar-refractivity contribution < 1.29 is 13.2 Å². The predicted molar refractivity (Wildman–Crippen MR) is 93.4 cm³/mol. The number of carbonyl (C=O) groups excluding carboxylic acids is 1. The Labute approximate surface area is 139 Å². The maximum atomic E-state index is 12.4. The maximum Gasteiger partial charge on any atom is 0.251 e. The molecule has 23 heavy (non-hydrogen) atoms. The van der Waals surface area contributed by atoms with Gasteiger partial charge < -0.3 is 5.32 Å². The molecule has 6 heteroatoms. The van der Waals surface area contributed by atoms with Crippen LogP contribution in [0.25, 0.3) is 0 Å². The lowest BCUT2D eigenvalue weighted by Gasteiger charge is -2.29. The number of hydrogen-bond acceptors (Lipinski definition) is 3. The molecule has 1 N–H and O–H groups in total. The van der Waals surface area contributed by atoms with Gasteiger partial charge in [-0.05, 0) is 50.8 Å². The third-order valence-corrected chi connectivity index (χ3v) is 6.04. The standard InChI is InChI=1S/C17H26N2O3S/c1-4-7-14(3)18-17(20)15-9-8-13(2)16(12-15)19-10-5-6-11-23(19,21)22/h8-9,12,14H,4-7,10-11H2,1-3H3,(H,18,20)/t14-/m0/s1. The second-order valence-corrected chi connectivity index (χ2v) is 8.27. The number of amides is 1. The van der Waals surface area contributed by atoms with E-state index >= 15 is 0 Å². The van der Waals surface area contributed by atoms with Crippen molar-refractivity contribution in [2.45, 2.75) is 52.5 Å². The average Bonchev–Trinajstić information content (AvgIpc) is 2.48. The van der Waals surface area contributed by atoms with Crippen LogP contribution in [0.4, 0.5) is 5.69 Å². The molecule has 1 aromatic carbocycles. The van der Waals surface area contributed by atoms with E-state index < -0.39 is 10.0 Å². The van der Waals surface area contributed by atoms with Crippen molar-refractivity contribution in [2.75, 3.05) is 16.6 Å². The molecule has 0 aromatic heterocycles. The van der Waals surface area contributed by atoms with Crippen molar-refractivity contribution in [3.05, 3.63) is 29.3 Å². The molecule has 128 valence electrons. The zero-order chi connectivity index (χ0) is 17.0. The van der Waals surface area contributed by atoms with Crippen molar-refractivity contribution >= 4 is 21.6 Å². The first-order valence-electron chi connectivity index (χ1n) is 8.27. The monoisotopic (exact) mass is 338 g/mol. The molecule has 0 aliphatic carbocycles. The number of carbonyl (C=O) groups is 1. The van der Waals surface area contributed by atoms with Gasteiger partial charge in [0, 0.05) is 18.2 Å². The molecule has 1 saturated heterocycles. The van der Waals surface area contributed by atoms with Gasteiger partial charge in [-0.2, -0.15) is 0 Å². The summed E-state index contributed by atoms with van der Waals surface area (Å²) in [7, 11) is -3.27. The summed E-state index contributed by atoms with van der Waals surface area (Å²) in [5.41, 5.74) is 2.00. The molecule has 1 atom stereocenters. The first kappa shape index (κ1) is 17.8. The van der Waals surface area contributed by atoms with Crippen molar-refractivity contribution in [3.8, 4) is 0 Å². The second-order valence-electron chi connectivity index (χ2n) is 6.26. The van der Waals surface area contributed by atoms with Crippen LogP contribution in [0, 0.1) is 6.92 Å². The highest BCUT2D eigenvalue weighted by Crippen LogP contribution is 2.28. The topological polar surface area (TPSA) is 66.5 Å². The van der Waals surface area contributed by atoms with Gasteiger partial charge in [-0.15, -0.1) is 0 Å². The molecule has 2 rings (SSSR count). The van der Waals surface area contributed by atoms with Crippen molar-refractivity contribution in [2.24, 2.45) is 0 Å². The zero-order valence-corrected chi connectivity index (χ0v) is 14.9. The minimum atomic E-state index is -3.27. The lowest BCUT2D eigenvalue weighted by Crippen LogP contribution is -2.38. The molecule has 0 radical (unpaired) electrons. The Morgan fingerprint density at radius 1 is 1.35 bits per heavy atom. The second kappa shape index (κ2) is 7.34. The van der Waals surface area contributed by atoms with Crippen molar-refractivity contribution in [3.63, 3.8) is 0 Å². The van der Waals surface area contributed by atoms with Gasteiger partial charge in [-0.3, -0.25) is 9.10 Å². The van der Waals surface area contributed by atoms with E-state index in [1.54, 1.807) is 12.1 Å². The summed E-state index contributed by atoms with van der Waals surface area (Å²) in [6, 6.07) is 5.38. The van der Waals surface area contributed by atoms with Crippen LogP contribution in [0.2, 0.25) is 0 Å². The molecule has 0 unspecified atom stereocenters. The van der Waals surface area contributed by atoms with E-state index in [1.165, 1.54) is 4.31 Å². The largest absolute Gasteiger partial charge is 0.350 e. The molecule has 1 fully saturated rings. The Kier molecular flexibility index (Phi) is 5.68. The van der Waals surface area contributed by atoms with Crippen LogP contribution in [0.15, 0.2) is 18.2 Å². The van der Waals surface area contributed by atoms with E-state index in [-0.39, 0.29) is 17.7 Å². The smallest absolute Gasteiger partial charge is 0.251 e. The van der Waals surface area contributed by atoms with E-state index in [1.807, 2.05) is 19.9 Å². The normalized spacial score (nSPS) is 18.5. The van der Waals surface area contributed by atoms with Gasteiger partial charge in [0.1, 0.15) is 0 Å². The summed E-state index contributed by atoms with van der Waals surface area (Å²) in [6.07, 6.45) is 3.48. The highest BCUT2D eigenvalue weighted by Gasteiger charge is 2.27. The SMILES string of the molecule is CCC[C@H](C)NC(=O)c1ccc(C)c(N2CCCCS2(=O)=O)c1. The van der Waals surface area contributed by atoms with Gasteiger partial charge in [0.05, 0.1) is 11.4 Å². The summed E-state index contributed by atoms with van der Waals surface area (Å²) >= 11 is 0. The molecule has 1 aromatic rings. The quantitative estimate of drug-likeness (QED) is 0.898. The minimum absolute atomic E-state index is 0.107. The van der Waals surface area contributed by atoms with E-state index in [0.717, 1.165) is 24.8 Å². The fourth-order valence-electron chi connectivity index (χ4n) is 2.89. The third kappa shape index (κ3) is 4.25. The average molecular weight is 338 g/mol. The first-order chi connectivity index (χ1) is 10.8. The van der Waals surface area contributed by atoms with Crippen LogP contribution in [0.5, 0.6) is 0 Å². The number of aryl methyl sites for hydroxylation is 1. The molecule has 5 nitrogen and oxygen atoms in total. The van der Waals surface area contributed by atoms with Crippen LogP contribution in [-0.4, -0.2) is 32.7 Å².